The number of carbonyl (C=O) groups is 2. The maximum Gasteiger partial charge on any atom is 0.319 e. The van der Waals surface area contributed by atoms with Gasteiger partial charge in [0.1, 0.15) is 5.25 Å². The monoisotopic (exact) mass is 443 g/mol. The molecule has 0 aliphatic rings. The molecule has 6 nitrogen and oxygen atoms in total. The Hall–Kier alpha value is -1.45. The van der Waals surface area contributed by atoms with Crippen LogP contribution in [0.5, 0.6) is 0 Å². The lowest BCUT2D eigenvalue weighted by Gasteiger charge is -2.11. The van der Waals surface area contributed by atoms with E-state index in [1.165, 1.54) is 23.1 Å². The maximum absolute atomic E-state index is 12.2. The maximum atomic E-state index is 12.2. The third-order valence-electron chi connectivity index (χ3n) is 3.06. The van der Waals surface area contributed by atoms with E-state index in [4.69, 9.17) is 4.74 Å². The second-order valence-corrected chi connectivity index (χ2v) is 8.33. The highest BCUT2D eigenvalue weighted by atomic mass is 79.9. The van der Waals surface area contributed by atoms with Crippen molar-refractivity contribution in [3.8, 4) is 0 Å². The lowest BCUT2D eigenvalue weighted by Crippen LogP contribution is -2.20. The zero-order chi connectivity index (χ0) is 18.2. The number of hydrogen-bond donors (Lipinski definition) is 1. The summed E-state index contributed by atoms with van der Waals surface area (Å²) in [6, 6.07) is 7.08. The van der Waals surface area contributed by atoms with Crippen LogP contribution in [-0.4, -0.2) is 33.9 Å². The van der Waals surface area contributed by atoms with E-state index < -0.39 is 0 Å². The van der Waals surface area contributed by atoms with Crippen LogP contribution in [-0.2, 0) is 9.53 Å². The van der Waals surface area contributed by atoms with Crippen LogP contribution >= 0.6 is 39.0 Å². The van der Waals surface area contributed by atoms with Crippen molar-refractivity contribution in [1.29, 1.82) is 0 Å². The van der Waals surface area contributed by atoms with Crippen molar-refractivity contribution >= 4 is 56.0 Å². The summed E-state index contributed by atoms with van der Waals surface area (Å²) >= 11 is 5.89. The average molecular weight is 444 g/mol. The largest absolute Gasteiger partial charge is 0.465 e. The number of esters is 1. The van der Waals surface area contributed by atoms with Gasteiger partial charge in [0.25, 0.3) is 5.91 Å². The van der Waals surface area contributed by atoms with Crippen molar-refractivity contribution in [2.45, 2.75) is 36.3 Å². The van der Waals surface area contributed by atoms with Gasteiger partial charge in [0.05, 0.1) is 6.61 Å². The molecule has 1 aromatic heterocycles. The first-order valence-corrected chi connectivity index (χ1v) is 10.3. The molecule has 1 atom stereocenters. The molecule has 0 fully saturated rings. The molecule has 1 unspecified atom stereocenters. The van der Waals surface area contributed by atoms with Crippen molar-refractivity contribution in [3.05, 3.63) is 34.3 Å². The summed E-state index contributed by atoms with van der Waals surface area (Å²) in [4.78, 5) is 24.2. The molecule has 0 bridgehead atoms. The van der Waals surface area contributed by atoms with E-state index in [-0.39, 0.29) is 17.1 Å². The number of ether oxygens (including phenoxy) is 1. The number of hydrogen-bond acceptors (Lipinski definition) is 7. The van der Waals surface area contributed by atoms with Crippen LogP contribution in [0.4, 0.5) is 5.13 Å². The fraction of sp³-hybridized carbons (Fsp3) is 0.375. The minimum absolute atomic E-state index is 0.246. The van der Waals surface area contributed by atoms with Gasteiger partial charge in [0.15, 0.2) is 4.34 Å². The molecule has 0 saturated heterocycles. The zero-order valence-electron chi connectivity index (χ0n) is 13.8. The second kappa shape index (κ2) is 9.88. The molecular weight excluding hydrogens is 426 g/mol. The number of halogens is 1. The average Bonchev–Trinajstić information content (AvgIpc) is 3.01. The van der Waals surface area contributed by atoms with Crippen molar-refractivity contribution in [2.24, 2.45) is 0 Å². The molecule has 2 rings (SSSR count). The van der Waals surface area contributed by atoms with E-state index in [0.29, 0.717) is 28.1 Å². The van der Waals surface area contributed by atoms with Gasteiger partial charge in [0.2, 0.25) is 5.13 Å². The highest BCUT2D eigenvalue weighted by Gasteiger charge is 2.22. The van der Waals surface area contributed by atoms with E-state index in [0.717, 1.165) is 10.9 Å². The molecule has 0 aliphatic heterocycles. The molecule has 0 spiro atoms. The molecule has 1 heterocycles. The van der Waals surface area contributed by atoms with Crippen molar-refractivity contribution < 1.29 is 14.3 Å². The number of amides is 1. The van der Waals surface area contributed by atoms with Crippen molar-refractivity contribution in [3.63, 3.8) is 0 Å². The Morgan fingerprint density at radius 3 is 2.84 bits per heavy atom. The van der Waals surface area contributed by atoms with Gasteiger partial charge >= 0.3 is 5.97 Å². The van der Waals surface area contributed by atoms with Gasteiger partial charge in [0, 0.05) is 10.0 Å². The molecule has 1 amide bonds. The predicted molar refractivity (Wildman–Crippen MR) is 103 cm³/mol. The molecule has 134 valence electrons. The molecular formula is C16H18BrN3O3S2. The predicted octanol–water partition coefficient (Wildman–Crippen LogP) is 4.38. The van der Waals surface area contributed by atoms with Gasteiger partial charge in [-0.15, -0.1) is 10.2 Å². The van der Waals surface area contributed by atoms with E-state index in [2.05, 4.69) is 31.4 Å². The van der Waals surface area contributed by atoms with Crippen LogP contribution in [0.2, 0.25) is 0 Å². The van der Waals surface area contributed by atoms with Gasteiger partial charge in [-0.25, -0.2) is 0 Å². The first-order chi connectivity index (χ1) is 12.0. The standard InChI is InChI=1S/C16H18BrN3O3S2/c1-3-6-12(14(22)23-4-2)24-16-20-19-15(25-16)18-13(21)10-7-5-8-11(17)9-10/h5,7-9,12H,3-4,6H2,1-2H3,(H,18,19,21). The van der Waals surface area contributed by atoms with E-state index in [9.17, 15) is 9.59 Å². The lowest BCUT2D eigenvalue weighted by molar-refractivity contribution is -0.142. The van der Waals surface area contributed by atoms with Crippen LogP contribution in [0, 0.1) is 0 Å². The first-order valence-electron chi connectivity index (χ1n) is 7.77. The molecule has 9 heteroatoms. The van der Waals surface area contributed by atoms with Gasteiger partial charge in [-0.1, -0.05) is 58.4 Å². The number of rotatable bonds is 8. The fourth-order valence-electron chi connectivity index (χ4n) is 1.95. The van der Waals surface area contributed by atoms with Crippen molar-refractivity contribution in [2.75, 3.05) is 11.9 Å². The summed E-state index contributed by atoms with van der Waals surface area (Å²) in [5.74, 6) is -0.506. The number of thioether (sulfide) groups is 1. The SMILES string of the molecule is CCCC(Sc1nnc(NC(=O)c2cccc(Br)c2)s1)C(=O)OCC. The summed E-state index contributed by atoms with van der Waals surface area (Å²) in [6.45, 7) is 4.15. The zero-order valence-corrected chi connectivity index (χ0v) is 17.0. The van der Waals surface area contributed by atoms with Crippen LogP contribution in [0.25, 0.3) is 0 Å². The fourth-order valence-corrected chi connectivity index (χ4v) is 4.45. The molecule has 0 radical (unpaired) electrons. The van der Waals surface area contributed by atoms with E-state index in [1.807, 2.05) is 13.0 Å². The Balaban J connectivity index is 2.01. The van der Waals surface area contributed by atoms with E-state index in [1.54, 1.807) is 25.1 Å². The molecule has 0 saturated carbocycles. The number of carbonyl (C=O) groups excluding carboxylic acids is 2. The summed E-state index contributed by atoms with van der Waals surface area (Å²) in [5, 5.41) is 10.8. The van der Waals surface area contributed by atoms with E-state index >= 15 is 0 Å². The molecule has 25 heavy (non-hydrogen) atoms. The Kier molecular flexibility index (Phi) is 7.86. The Labute approximate surface area is 162 Å². The summed E-state index contributed by atoms with van der Waals surface area (Å²) in [5.41, 5.74) is 0.522. The minimum atomic E-state index is -0.313. The van der Waals surface area contributed by atoms with Gasteiger partial charge in [-0.2, -0.15) is 0 Å². The Bertz CT molecular complexity index is 739. The number of nitrogens with one attached hydrogen (secondary N) is 1. The first kappa shape index (κ1) is 19.9. The number of anilines is 1. The molecule has 2 aromatic rings. The minimum Gasteiger partial charge on any atom is -0.465 e. The van der Waals surface area contributed by atoms with Crippen LogP contribution in [0.15, 0.2) is 33.1 Å². The third kappa shape index (κ3) is 6.09. The third-order valence-corrected chi connectivity index (χ3v) is 5.72. The van der Waals surface area contributed by atoms with Crippen LogP contribution in [0.3, 0.4) is 0 Å². The molecule has 0 aliphatic carbocycles. The Morgan fingerprint density at radius 1 is 1.36 bits per heavy atom. The van der Waals surface area contributed by atoms with Crippen LogP contribution in [0.1, 0.15) is 37.0 Å². The highest BCUT2D eigenvalue weighted by molar-refractivity contribution is 9.10. The van der Waals surface area contributed by atoms with Crippen molar-refractivity contribution in [1.82, 2.24) is 10.2 Å². The van der Waals surface area contributed by atoms with Gasteiger partial charge in [-0.3, -0.25) is 14.9 Å². The summed E-state index contributed by atoms with van der Waals surface area (Å²) in [7, 11) is 0. The normalized spacial score (nSPS) is 11.8. The number of nitrogens with zero attached hydrogens (tertiary/aromatic N) is 2. The number of benzene rings is 1. The smallest absolute Gasteiger partial charge is 0.319 e. The Morgan fingerprint density at radius 2 is 2.16 bits per heavy atom. The van der Waals surface area contributed by atoms with Crippen LogP contribution < -0.4 is 5.32 Å². The number of aromatic nitrogens is 2. The summed E-state index contributed by atoms with van der Waals surface area (Å²) < 4.78 is 6.54. The van der Waals surface area contributed by atoms with Gasteiger partial charge < -0.3 is 4.74 Å². The highest BCUT2D eigenvalue weighted by Crippen LogP contribution is 2.31. The van der Waals surface area contributed by atoms with Gasteiger partial charge in [-0.05, 0) is 31.5 Å². The second-order valence-electron chi connectivity index (χ2n) is 4.98. The summed E-state index contributed by atoms with van der Waals surface area (Å²) in [6.07, 6.45) is 1.56. The molecule has 1 N–H and O–H groups in total. The topological polar surface area (TPSA) is 81.2 Å². The molecule has 1 aromatic carbocycles. The lowest BCUT2D eigenvalue weighted by atomic mass is 10.2. The quantitative estimate of drug-likeness (QED) is 0.370.